The van der Waals surface area contributed by atoms with Gasteiger partial charge in [0.25, 0.3) is 0 Å². The highest BCUT2D eigenvalue weighted by Crippen LogP contribution is 2.43. The van der Waals surface area contributed by atoms with Gasteiger partial charge in [-0.1, -0.05) is 27.2 Å². The van der Waals surface area contributed by atoms with Gasteiger partial charge in [-0.2, -0.15) is 11.3 Å². The van der Waals surface area contributed by atoms with Crippen LogP contribution in [0, 0.1) is 11.3 Å². The Morgan fingerprint density at radius 2 is 2.06 bits per heavy atom. The second-order valence-electron chi connectivity index (χ2n) is 6.79. The van der Waals surface area contributed by atoms with Crippen molar-refractivity contribution in [3.05, 3.63) is 22.4 Å². The lowest BCUT2D eigenvalue weighted by molar-refractivity contribution is 0.115. The highest BCUT2D eigenvalue weighted by molar-refractivity contribution is 7.07. The van der Waals surface area contributed by atoms with Crippen molar-refractivity contribution in [2.24, 2.45) is 17.1 Å². The van der Waals surface area contributed by atoms with Crippen molar-refractivity contribution in [1.82, 2.24) is 0 Å². The number of hydrogen-bond donors (Lipinski definition) is 1. The number of nitrogens with two attached hydrogens (primary N) is 1. The molecular weight excluding hydrogens is 238 g/mol. The van der Waals surface area contributed by atoms with E-state index < -0.39 is 0 Å². The predicted molar refractivity (Wildman–Crippen MR) is 81.0 cm³/mol. The van der Waals surface area contributed by atoms with Crippen molar-refractivity contribution < 1.29 is 0 Å². The second-order valence-corrected chi connectivity index (χ2v) is 7.57. The fourth-order valence-corrected chi connectivity index (χ4v) is 3.91. The topological polar surface area (TPSA) is 26.0 Å². The third-order valence-corrected chi connectivity index (χ3v) is 5.87. The van der Waals surface area contributed by atoms with Crippen LogP contribution in [0.15, 0.2) is 16.8 Å². The van der Waals surface area contributed by atoms with Gasteiger partial charge >= 0.3 is 0 Å². The Bertz CT molecular complexity index is 358. The molecule has 1 aliphatic carbocycles. The first kappa shape index (κ1) is 14.1. The second kappa shape index (κ2) is 5.34. The van der Waals surface area contributed by atoms with Gasteiger partial charge in [0, 0.05) is 5.54 Å². The Kier molecular flexibility index (Phi) is 4.18. The molecule has 0 aromatic carbocycles. The fraction of sp³-hybridized carbons (Fsp3) is 0.750. The maximum absolute atomic E-state index is 6.60. The number of hydrogen-bond acceptors (Lipinski definition) is 2. The molecule has 0 saturated heterocycles. The first-order chi connectivity index (χ1) is 8.45. The minimum absolute atomic E-state index is 0.0569. The molecule has 2 heteroatoms. The van der Waals surface area contributed by atoms with Gasteiger partial charge in [-0.25, -0.2) is 0 Å². The van der Waals surface area contributed by atoms with E-state index in [-0.39, 0.29) is 5.54 Å². The summed E-state index contributed by atoms with van der Waals surface area (Å²) in [5.74, 6) is 0.863. The van der Waals surface area contributed by atoms with Crippen LogP contribution in [0.2, 0.25) is 0 Å². The molecule has 0 aliphatic heterocycles. The number of rotatable bonds is 4. The average Bonchev–Trinajstić information content (AvgIpc) is 2.82. The van der Waals surface area contributed by atoms with Crippen LogP contribution in [-0.4, -0.2) is 5.54 Å². The molecule has 18 heavy (non-hydrogen) atoms. The smallest absolute Gasteiger partial charge is 0.0195 e. The van der Waals surface area contributed by atoms with E-state index in [2.05, 4.69) is 37.6 Å². The van der Waals surface area contributed by atoms with Crippen molar-refractivity contribution in [1.29, 1.82) is 0 Å². The van der Waals surface area contributed by atoms with Crippen LogP contribution in [0.1, 0.15) is 58.4 Å². The molecule has 1 saturated carbocycles. The predicted octanol–water partition coefficient (Wildman–Crippen LogP) is 4.61. The molecule has 0 unspecified atom stereocenters. The summed E-state index contributed by atoms with van der Waals surface area (Å²) in [5.41, 5.74) is 8.58. The molecule has 0 amide bonds. The van der Waals surface area contributed by atoms with E-state index in [0.717, 1.165) is 12.3 Å². The summed E-state index contributed by atoms with van der Waals surface area (Å²) in [6.45, 7) is 7.15. The monoisotopic (exact) mass is 265 g/mol. The molecule has 1 fully saturated rings. The first-order valence-corrected chi connectivity index (χ1v) is 8.19. The van der Waals surface area contributed by atoms with Gasteiger partial charge in [0.15, 0.2) is 0 Å². The van der Waals surface area contributed by atoms with E-state index in [1.807, 2.05) is 0 Å². The van der Waals surface area contributed by atoms with Crippen LogP contribution in [-0.2, 0) is 6.42 Å². The van der Waals surface area contributed by atoms with Gasteiger partial charge in [0.2, 0.25) is 0 Å². The zero-order chi connectivity index (χ0) is 13.2. The Labute approximate surface area is 116 Å². The van der Waals surface area contributed by atoms with Gasteiger partial charge in [-0.05, 0) is 65.8 Å². The van der Waals surface area contributed by atoms with Crippen LogP contribution in [0.25, 0.3) is 0 Å². The maximum atomic E-state index is 6.60. The van der Waals surface area contributed by atoms with Crippen molar-refractivity contribution >= 4 is 11.3 Å². The van der Waals surface area contributed by atoms with Crippen molar-refractivity contribution in [3.8, 4) is 0 Å². The lowest BCUT2D eigenvalue weighted by Gasteiger charge is -2.43. The number of thiophene rings is 1. The van der Waals surface area contributed by atoms with Crippen molar-refractivity contribution in [2.75, 3.05) is 0 Å². The third kappa shape index (κ3) is 3.16. The Morgan fingerprint density at radius 3 is 2.56 bits per heavy atom. The van der Waals surface area contributed by atoms with Gasteiger partial charge in [0.1, 0.15) is 0 Å². The zero-order valence-electron chi connectivity index (χ0n) is 12.0. The van der Waals surface area contributed by atoms with E-state index in [1.54, 1.807) is 11.3 Å². The Balaban J connectivity index is 1.93. The normalized spacial score (nSPS) is 29.4. The molecule has 1 aromatic rings. The van der Waals surface area contributed by atoms with E-state index >= 15 is 0 Å². The van der Waals surface area contributed by atoms with Gasteiger partial charge in [-0.15, -0.1) is 0 Å². The Hall–Kier alpha value is -0.340. The van der Waals surface area contributed by atoms with E-state index in [0.29, 0.717) is 5.41 Å². The molecule has 0 bridgehead atoms. The van der Waals surface area contributed by atoms with E-state index in [4.69, 9.17) is 5.73 Å². The molecule has 102 valence electrons. The molecule has 2 N–H and O–H groups in total. The molecule has 1 aliphatic rings. The molecule has 1 heterocycles. The summed E-state index contributed by atoms with van der Waals surface area (Å²) in [4.78, 5) is 0. The van der Waals surface area contributed by atoms with Crippen molar-refractivity contribution in [2.45, 2.75) is 64.8 Å². The maximum Gasteiger partial charge on any atom is 0.0195 e. The zero-order valence-corrected chi connectivity index (χ0v) is 12.9. The summed E-state index contributed by atoms with van der Waals surface area (Å²) in [6, 6.07) is 2.22. The van der Waals surface area contributed by atoms with E-state index in [1.165, 1.54) is 37.7 Å². The molecule has 0 radical (unpaired) electrons. The van der Waals surface area contributed by atoms with Crippen LogP contribution >= 0.6 is 11.3 Å². The molecule has 0 atom stereocenters. The lowest BCUT2D eigenvalue weighted by atomic mass is 9.65. The standard InChI is InChI=1S/C16H27NS/c1-4-15(2,3)14-5-8-16(17,9-6-14)11-13-7-10-18-12-13/h7,10,12,14H,4-6,8-9,11,17H2,1-3H3. The highest BCUT2D eigenvalue weighted by atomic mass is 32.1. The summed E-state index contributed by atoms with van der Waals surface area (Å²) in [5, 5.41) is 4.40. The molecule has 1 nitrogen and oxygen atoms in total. The third-order valence-electron chi connectivity index (χ3n) is 5.13. The first-order valence-electron chi connectivity index (χ1n) is 7.25. The highest BCUT2D eigenvalue weighted by Gasteiger charge is 2.37. The van der Waals surface area contributed by atoms with Crippen LogP contribution in [0.4, 0.5) is 0 Å². The minimum Gasteiger partial charge on any atom is -0.325 e. The lowest BCUT2D eigenvalue weighted by Crippen LogP contribution is -2.46. The summed E-state index contributed by atoms with van der Waals surface area (Å²) in [6.07, 6.45) is 7.34. The molecular formula is C16H27NS. The molecule has 0 spiro atoms. The van der Waals surface area contributed by atoms with Crippen molar-refractivity contribution in [3.63, 3.8) is 0 Å². The Morgan fingerprint density at radius 1 is 1.39 bits per heavy atom. The molecule has 2 rings (SSSR count). The van der Waals surface area contributed by atoms with Gasteiger partial charge < -0.3 is 5.73 Å². The quantitative estimate of drug-likeness (QED) is 0.845. The molecule has 1 aromatic heterocycles. The van der Waals surface area contributed by atoms with Crippen LogP contribution < -0.4 is 5.73 Å². The minimum atomic E-state index is 0.0569. The summed E-state index contributed by atoms with van der Waals surface area (Å²) < 4.78 is 0. The summed E-state index contributed by atoms with van der Waals surface area (Å²) in [7, 11) is 0. The SMILES string of the molecule is CCC(C)(C)C1CCC(N)(Cc2ccsc2)CC1. The largest absolute Gasteiger partial charge is 0.325 e. The summed E-state index contributed by atoms with van der Waals surface area (Å²) >= 11 is 1.78. The van der Waals surface area contributed by atoms with Gasteiger partial charge in [0.05, 0.1) is 0 Å². The van der Waals surface area contributed by atoms with Crippen LogP contribution in [0.5, 0.6) is 0 Å². The van der Waals surface area contributed by atoms with Crippen LogP contribution in [0.3, 0.4) is 0 Å². The average molecular weight is 265 g/mol. The van der Waals surface area contributed by atoms with E-state index in [9.17, 15) is 0 Å². The van der Waals surface area contributed by atoms with Gasteiger partial charge in [-0.3, -0.25) is 0 Å². The fourth-order valence-electron chi connectivity index (χ4n) is 3.24.